The van der Waals surface area contributed by atoms with Crippen LogP contribution >= 0.6 is 15.9 Å². The van der Waals surface area contributed by atoms with Gasteiger partial charge in [0.2, 0.25) is 0 Å². The van der Waals surface area contributed by atoms with E-state index in [1.165, 1.54) is 21.2 Å². The van der Waals surface area contributed by atoms with Crippen molar-refractivity contribution in [2.24, 2.45) is 5.73 Å². The Hall–Kier alpha value is -0.340. The van der Waals surface area contributed by atoms with Gasteiger partial charge in [0.25, 0.3) is 0 Å². The Bertz CT molecular complexity index is 323. The van der Waals surface area contributed by atoms with Gasteiger partial charge in [0.15, 0.2) is 0 Å². The summed E-state index contributed by atoms with van der Waals surface area (Å²) in [5, 5.41) is 0. The van der Waals surface area contributed by atoms with Crippen LogP contribution in [-0.2, 0) is 0 Å². The number of hydrogen-bond donors (Lipinski definition) is 1. The summed E-state index contributed by atoms with van der Waals surface area (Å²) in [5.41, 5.74) is 9.86. The molecule has 0 bridgehead atoms. The van der Waals surface area contributed by atoms with E-state index in [0.717, 1.165) is 6.42 Å². The third kappa shape index (κ3) is 1.65. The van der Waals surface area contributed by atoms with Crippen LogP contribution in [-0.4, -0.2) is 6.04 Å². The maximum absolute atomic E-state index is 5.82. The highest BCUT2D eigenvalue weighted by Gasteiger charge is 2.35. The molecule has 0 aromatic heterocycles. The van der Waals surface area contributed by atoms with Crippen molar-refractivity contribution in [1.82, 2.24) is 0 Å². The first-order valence-corrected chi connectivity index (χ1v) is 5.41. The third-order valence-electron chi connectivity index (χ3n) is 2.73. The van der Waals surface area contributed by atoms with Crippen molar-refractivity contribution in [2.45, 2.75) is 32.2 Å². The third-order valence-corrected chi connectivity index (χ3v) is 3.98. The molecule has 1 saturated carbocycles. The molecule has 1 fully saturated rings. The molecule has 0 spiro atoms. The van der Waals surface area contributed by atoms with E-state index in [2.05, 4.69) is 41.9 Å². The van der Waals surface area contributed by atoms with Gasteiger partial charge < -0.3 is 5.73 Å². The summed E-state index contributed by atoms with van der Waals surface area (Å²) < 4.78 is 1.23. The number of aryl methyl sites for hydroxylation is 2. The van der Waals surface area contributed by atoms with Crippen LogP contribution in [0.15, 0.2) is 16.6 Å². The number of benzene rings is 1. The van der Waals surface area contributed by atoms with E-state index in [9.17, 15) is 0 Å². The SMILES string of the molecule is Cc1cc(C2CC2N)cc(C)c1Br. The smallest absolute Gasteiger partial charge is 0.0233 e. The molecule has 2 heteroatoms. The van der Waals surface area contributed by atoms with Crippen molar-refractivity contribution < 1.29 is 0 Å². The Labute approximate surface area is 87.5 Å². The van der Waals surface area contributed by atoms with Gasteiger partial charge >= 0.3 is 0 Å². The maximum Gasteiger partial charge on any atom is 0.0233 e. The van der Waals surface area contributed by atoms with Crippen LogP contribution in [0.25, 0.3) is 0 Å². The monoisotopic (exact) mass is 239 g/mol. The fourth-order valence-electron chi connectivity index (χ4n) is 1.79. The molecule has 0 radical (unpaired) electrons. The summed E-state index contributed by atoms with van der Waals surface area (Å²) in [6.07, 6.45) is 1.15. The van der Waals surface area contributed by atoms with Crippen LogP contribution in [0.2, 0.25) is 0 Å². The van der Waals surface area contributed by atoms with E-state index in [1.807, 2.05) is 0 Å². The average molecular weight is 240 g/mol. The minimum absolute atomic E-state index is 0.403. The molecule has 13 heavy (non-hydrogen) atoms. The number of halogens is 1. The molecule has 0 saturated heterocycles. The maximum atomic E-state index is 5.82. The van der Waals surface area contributed by atoms with Crippen molar-refractivity contribution in [1.29, 1.82) is 0 Å². The second-order valence-electron chi connectivity index (χ2n) is 3.97. The minimum Gasteiger partial charge on any atom is -0.327 e. The molecule has 0 amide bonds. The van der Waals surface area contributed by atoms with Gasteiger partial charge in [-0.1, -0.05) is 28.1 Å². The lowest BCUT2D eigenvalue weighted by Gasteiger charge is -2.06. The molecule has 1 aliphatic rings. The molecule has 1 aromatic rings. The average Bonchev–Trinajstić information content (AvgIpc) is 2.77. The van der Waals surface area contributed by atoms with Crippen molar-refractivity contribution >= 4 is 15.9 Å². The quantitative estimate of drug-likeness (QED) is 0.802. The normalized spacial score (nSPS) is 26.2. The summed E-state index contributed by atoms with van der Waals surface area (Å²) in [6.45, 7) is 4.27. The first-order chi connectivity index (χ1) is 6.09. The van der Waals surface area contributed by atoms with E-state index in [4.69, 9.17) is 5.73 Å². The topological polar surface area (TPSA) is 26.0 Å². The first-order valence-electron chi connectivity index (χ1n) is 4.62. The van der Waals surface area contributed by atoms with E-state index < -0.39 is 0 Å². The molecule has 2 unspecified atom stereocenters. The lowest BCUT2D eigenvalue weighted by atomic mass is 10.0. The zero-order chi connectivity index (χ0) is 9.59. The van der Waals surface area contributed by atoms with Crippen LogP contribution in [0.4, 0.5) is 0 Å². The Morgan fingerprint density at radius 2 is 1.77 bits per heavy atom. The lowest BCUT2D eigenvalue weighted by Crippen LogP contribution is -2.01. The molecule has 70 valence electrons. The molecule has 2 rings (SSSR count). The highest BCUT2D eigenvalue weighted by Crippen LogP contribution is 2.40. The summed E-state index contributed by atoms with van der Waals surface area (Å²) in [5.74, 6) is 0.616. The van der Waals surface area contributed by atoms with Crippen LogP contribution < -0.4 is 5.73 Å². The number of rotatable bonds is 1. The van der Waals surface area contributed by atoms with E-state index >= 15 is 0 Å². The number of hydrogen-bond acceptors (Lipinski definition) is 1. The minimum atomic E-state index is 0.403. The zero-order valence-corrected chi connectivity index (χ0v) is 9.56. The lowest BCUT2D eigenvalue weighted by molar-refractivity contribution is 0.985. The molecule has 1 aromatic carbocycles. The first kappa shape index (κ1) is 9.22. The van der Waals surface area contributed by atoms with Gasteiger partial charge in [0.1, 0.15) is 0 Å². The molecular weight excluding hydrogens is 226 g/mol. The van der Waals surface area contributed by atoms with Crippen LogP contribution in [0.3, 0.4) is 0 Å². The van der Waals surface area contributed by atoms with Gasteiger partial charge in [-0.3, -0.25) is 0 Å². The van der Waals surface area contributed by atoms with Gasteiger partial charge in [-0.25, -0.2) is 0 Å². The van der Waals surface area contributed by atoms with Crippen LogP contribution in [0, 0.1) is 13.8 Å². The van der Waals surface area contributed by atoms with E-state index in [1.54, 1.807) is 0 Å². The largest absolute Gasteiger partial charge is 0.327 e. The Morgan fingerprint density at radius 3 is 2.15 bits per heavy atom. The van der Waals surface area contributed by atoms with Crippen molar-refractivity contribution in [3.63, 3.8) is 0 Å². The molecule has 2 atom stereocenters. The predicted octanol–water partition coefficient (Wildman–Crippen LogP) is 2.88. The molecule has 0 heterocycles. The van der Waals surface area contributed by atoms with Crippen molar-refractivity contribution in [3.05, 3.63) is 33.3 Å². The predicted molar refractivity (Wildman–Crippen MR) is 58.9 cm³/mol. The van der Waals surface area contributed by atoms with Crippen LogP contribution in [0.1, 0.15) is 29.0 Å². The van der Waals surface area contributed by atoms with Crippen LogP contribution in [0.5, 0.6) is 0 Å². The molecule has 1 nitrogen and oxygen atoms in total. The molecule has 0 aliphatic heterocycles. The van der Waals surface area contributed by atoms with Gasteiger partial charge in [-0.15, -0.1) is 0 Å². The molecule has 1 aliphatic carbocycles. The van der Waals surface area contributed by atoms with Gasteiger partial charge in [-0.2, -0.15) is 0 Å². The highest BCUT2D eigenvalue weighted by molar-refractivity contribution is 9.10. The Balaban J connectivity index is 2.39. The second-order valence-corrected chi connectivity index (χ2v) is 4.77. The molecular formula is C11H14BrN. The second kappa shape index (κ2) is 3.10. The van der Waals surface area contributed by atoms with Gasteiger partial charge in [0, 0.05) is 16.4 Å². The van der Waals surface area contributed by atoms with E-state index in [0.29, 0.717) is 12.0 Å². The fraction of sp³-hybridized carbons (Fsp3) is 0.455. The zero-order valence-electron chi connectivity index (χ0n) is 7.97. The van der Waals surface area contributed by atoms with Crippen molar-refractivity contribution in [3.8, 4) is 0 Å². The summed E-state index contributed by atoms with van der Waals surface area (Å²) in [6, 6.07) is 4.89. The standard InChI is InChI=1S/C11H14BrN/c1-6-3-8(9-5-10(9)13)4-7(2)11(6)12/h3-4,9-10H,5,13H2,1-2H3. The van der Waals surface area contributed by atoms with Gasteiger partial charge in [-0.05, 0) is 37.0 Å². The summed E-state index contributed by atoms with van der Waals surface area (Å²) in [4.78, 5) is 0. The summed E-state index contributed by atoms with van der Waals surface area (Å²) >= 11 is 3.57. The fourth-order valence-corrected chi connectivity index (χ4v) is 2.02. The summed E-state index contributed by atoms with van der Waals surface area (Å²) in [7, 11) is 0. The number of nitrogens with two attached hydrogens (primary N) is 1. The Morgan fingerprint density at radius 1 is 1.31 bits per heavy atom. The highest BCUT2D eigenvalue weighted by atomic mass is 79.9. The van der Waals surface area contributed by atoms with E-state index in [-0.39, 0.29) is 0 Å². The van der Waals surface area contributed by atoms with Crippen molar-refractivity contribution in [2.75, 3.05) is 0 Å². The Kier molecular flexibility index (Phi) is 2.20. The molecule has 2 N–H and O–H groups in total. The van der Waals surface area contributed by atoms with Gasteiger partial charge in [0.05, 0.1) is 0 Å².